The van der Waals surface area contributed by atoms with Crippen LogP contribution in [0.15, 0.2) is 18.2 Å². The molecule has 0 amide bonds. The van der Waals surface area contributed by atoms with Gasteiger partial charge < -0.3 is 15.2 Å². The van der Waals surface area contributed by atoms with Gasteiger partial charge in [-0.2, -0.15) is 13.2 Å². The van der Waals surface area contributed by atoms with Gasteiger partial charge in [-0.15, -0.1) is 0 Å². The zero-order chi connectivity index (χ0) is 14.0. The number of nitrogens with one attached hydrogen (secondary N) is 1. The van der Waals surface area contributed by atoms with Crippen LogP contribution in [-0.2, 0) is 10.9 Å². The van der Waals surface area contributed by atoms with E-state index in [2.05, 4.69) is 0 Å². The minimum Gasteiger partial charge on any atom is -0.487 e. The molecule has 1 unspecified atom stereocenters. The number of nitrogen functional groups attached to an aromatic ring is 1. The first-order valence-electron chi connectivity index (χ1n) is 5.68. The zero-order valence-electron chi connectivity index (χ0n) is 9.96. The molecule has 1 saturated heterocycles. The van der Waals surface area contributed by atoms with Crippen LogP contribution in [0.4, 0.5) is 13.2 Å². The van der Waals surface area contributed by atoms with Gasteiger partial charge in [0.15, 0.2) is 0 Å². The number of rotatable bonds is 3. The number of alkyl halides is 3. The van der Waals surface area contributed by atoms with Crippen molar-refractivity contribution in [1.82, 2.24) is 0 Å². The minimum absolute atomic E-state index is 0.0161. The normalized spacial score (nSPS) is 19.4. The average molecular weight is 274 g/mol. The van der Waals surface area contributed by atoms with Crippen LogP contribution in [0.1, 0.15) is 17.5 Å². The number of halogens is 3. The van der Waals surface area contributed by atoms with E-state index in [1.54, 1.807) is 0 Å². The Hall–Kier alpha value is -1.76. The molecule has 1 aromatic carbocycles. The molecule has 1 atom stereocenters. The van der Waals surface area contributed by atoms with Crippen molar-refractivity contribution in [3.63, 3.8) is 0 Å². The first-order chi connectivity index (χ1) is 8.88. The van der Waals surface area contributed by atoms with Gasteiger partial charge >= 0.3 is 6.18 Å². The van der Waals surface area contributed by atoms with Crippen LogP contribution >= 0.6 is 0 Å². The van der Waals surface area contributed by atoms with Gasteiger partial charge in [0.25, 0.3) is 0 Å². The van der Waals surface area contributed by atoms with Gasteiger partial charge in [-0.3, -0.25) is 5.41 Å². The predicted molar refractivity (Wildman–Crippen MR) is 62.3 cm³/mol. The molecule has 0 saturated carbocycles. The van der Waals surface area contributed by atoms with Crippen molar-refractivity contribution in [1.29, 1.82) is 5.41 Å². The molecular weight excluding hydrogens is 261 g/mol. The van der Waals surface area contributed by atoms with E-state index in [-0.39, 0.29) is 24.0 Å². The highest BCUT2D eigenvalue weighted by Gasteiger charge is 2.35. The summed E-state index contributed by atoms with van der Waals surface area (Å²) in [5.41, 5.74) is 4.29. The molecule has 2 rings (SSSR count). The van der Waals surface area contributed by atoms with E-state index < -0.39 is 17.6 Å². The Morgan fingerprint density at radius 1 is 1.42 bits per heavy atom. The number of hydrogen-bond acceptors (Lipinski definition) is 3. The number of ether oxygens (including phenoxy) is 2. The van der Waals surface area contributed by atoms with Gasteiger partial charge in [-0.1, -0.05) is 0 Å². The molecule has 1 aliphatic heterocycles. The highest BCUT2D eigenvalue weighted by molar-refractivity contribution is 5.95. The van der Waals surface area contributed by atoms with E-state index >= 15 is 0 Å². The molecule has 1 heterocycles. The van der Waals surface area contributed by atoms with Crippen molar-refractivity contribution in [2.24, 2.45) is 5.73 Å². The molecule has 7 heteroatoms. The second kappa shape index (κ2) is 5.08. The number of benzene rings is 1. The van der Waals surface area contributed by atoms with Crippen molar-refractivity contribution < 1.29 is 22.6 Å². The Morgan fingerprint density at radius 3 is 2.68 bits per heavy atom. The lowest BCUT2D eigenvalue weighted by Gasteiger charge is -2.18. The van der Waals surface area contributed by atoms with Gasteiger partial charge in [-0.05, 0) is 18.2 Å². The molecule has 1 fully saturated rings. The zero-order valence-corrected chi connectivity index (χ0v) is 9.96. The van der Waals surface area contributed by atoms with E-state index in [1.165, 1.54) is 12.1 Å². The maximum Gasteiger partial charge on any atom is 0.419 e. The summed E-state index contributed by atoms with van der Waals surface area (Å²) in [6.45, 7) is 0.767. The first-order valence-corrected chi connectivity index (χ1v) is 5.68. The number of nitrogens with two attached hydrogens (primary N) is 1. The molecule has 0 bridgehead atoms. The van der Waals surface area contributed by atoms with Crippen LogP contribution in [0.2, 0.25) is 0 Å². The maximum absolute atomic E-state index is 12.9. The summed E-state index contributed by atoms with van der Waals surface area (Å²) in [5, 5.41) is 7.18. The second-order valence-corrected chi connectivity index (χ2v) is 4.23. The molecule has 19 heavy (non-hydrogen) atoms. The SMILES string of the molecule is N=C(N)c1ccc(OC2CCOC2)c(C(F)(F)F)c1. The smallest absolute Gasteiger partial charge is 0.419 e. The second-order valence-electron chi connectivity index (χ2n) is 4.23. The van der Waals surface area contributed by atoms with Crippen LogP contribution in [0.25, 0.3) is 0 Å². The van der Waals surface area contributed by atoms with Crippen molar-refractivity contribution in [2.45, 2.75) is 18.7 Å². The van der Waals surface area contributed by atoms with Gasteiger partial charge in [0.05, 0.1) is 18.8 Å². The Bertz CT molecular complexity index is 482. The third-order valence-electron chi connectivity index (χ3n) is 2.78. The molecule has 0 aliphatic carbocycles. The lowest BCUT2D eigenvalue weighted by molar-refractivity contribution is -0.139. The summed E-state index contributed by atoms with van der Waals surface area (Å²) in [6, 6.07) is 3.36. The van der Waals surface area contributed by atoms with Crippen LogP contribution in [0.3, 0.4) is 0 Å². The Labute approximate surface area is 107 Å². The van der Waals surface area contributed by atoms with Crippen molar-refractivity contribution in [3.8, 4) is 5.75 Å². The highest BCUT2D eigenvalue weighted by atomic mass is 19.4. The van der Waals surface area contributed by atoms with Gasteiger partial charge in [-0.25, -0.2) is 0 Å². The van der Waals surface area contributed by atoms with E-state index in [1.807, 2.05) is 0 Å². The van der Waals surface area contributed by atoms with Crippen LogP contribution < -0.4 is 10.5 Å². The minimum atomic E-state index is -4.56. The van der Waals surface area contributed by atoms with Gasteiger partial charge in [0, 0.05) is 12.0 Å². The molecular formula is C12H13F3N2O2. The molecule has 104 valence electrons. The van der Waals surface area contributed by atoms with Crippen molar-refractivity contribution in [3.05, 3.63) is 29.3 Å². The third-order valence-corrected chi connectivity index (χ3v) is 2.78. The Morgan fingerprint density at radius 2 is 2.16 bits per heavy atom. The quantitative estimate of drug-likeness (QED) is 0.655. The van der Waals surface area contributed by atoms with Crippen LogP contribution in [0.5, 0.6) is 5.75 Å². The average Bonchev–Trinajstić information content (AvgIpc) is 2.80. The molecule has 1 aromatic rings. The standard InChI is InChI=1S/C12H13F3N2O2/c13-12(14,15)9-5-7(11(16)17)1-2-10(9)19-8-3-4-18-6-8/h1-2,5,8H,3-4,6H2,(H3,16,17). The Kier molecular flexibility index (Phi) is 3.66. The highest BCUT2D eigenvalue weighted by Crippen LogP contribution is 2.37. The first kappa shape index (κ1) is 13.7. The summed E-state index contributed by atoms with van der Waals surface area (Å²) in [6.07, 6.45) is -4.37. The van der Waals surface area contributed by atoms with E-state index in [0.717, 1.165) is 6.07 Å². The van der Waals surface area contributed by atoms with Gasteiger partial charge in [0.2, 0.25) is 0 Å². The van der Waals surface area contributed by atoms with E-state index in [4.69, 9.17) is 20.6 Å². The van der Waals surface area contributed by atoms with Crippen molar-refractivity contribution >= 4 is 5.84 Å². The number of amidine groups is 1. The van der Waals surface area contributed by atoms with Crippen LogP contribution in [0, 0.1) is 5.41 Å². The van der Waals surface area contributed by atoms with E-state index in [0.29, 0.717) is 13.0 Å². The summed E-state index contributed by atoms with van der Waals surface area (Å²) in [4.78, 5) is 0. The third kappa shape index (κ3) is 3.17. The molecule has 0 spiro atoms. The summed E-state index contributed by atoms with van der Waals surface area (Å²) < 4.78 is 49.2. The summed E-state index contributed by atoms with van der Waals surface area (Å²) in [5.74, 6) is -0.672. The fourth-order valence-electron chi connectivity index (χ4n) is 1.81. The van der Waals surface area contributed by atoms with Crippen molar-refractivity contribution in [2.75, 3.05) is 13.2 Å². The molecule has 4 nitrogen and oxygen atoms in total. The predicted octanol–water partition coefficient (Wildman–Crippen LogP) is 2.16. The fraction of sp³-hybridized carbons (Fsp3) is 0.417. The summed E-state index contributed by atoms with van der Waals surface area (Å²) in [7, 11) is 0. The molecule has 3 N–H and O–H groups in total. The molecule has 0 radical (unpaired) electrons. The monoisotopic (exact) mass is 274 g/mol. The molecule has 0 aromatic heterocycles. The van der Waals surface area contributed by atoms with E-state index in [9.17, 15) is 13.2 Å². The lowest BCUT2D eigenvalue weighted by atomic mass is 10.1. The molecule has 1 aliphatic rings. The number of hydrogen-bond donors (Lipinski definition) is 2. The largest absolute Gasteiger partial charge is 0.487 e. The lowest BCUT2D eigenvalue weighted by Crippen LogP contribution is -2.20. The maximum atomic E-state index is 12.9. The Balaban J connectivity index is 2.33. The summed E-state index contributed by atoms with van der Waals surface area (Å²) >= 11 is 0. The fourth-order valence-corrected chi connectivity index (χ4v) is 1.81. The van der Waals surface area contributed by atoms with Crippen LogP contribution in [-0.4, -0.2) is 25.2 Å². The topological polar surface area (TPSA) is 68.3 Å². The van der Waals surface area contributed by atoms with Gasteiger partial charge in [0.1, 0.15) is 17.7 Å².